The average molecular weight is 418 g/mol. The van der Waals surface area contributed by atoms with Gasteiger partial charge < -0.3 is 24.7 Å². The molecule has 1 aliphatic rings. The van der Waals surface area contributed by atoms with Crippen LogP contribution < -0.4 is 25.2 Å². The van der Waals surface area contributed by atoms with E-state index < -0.39 is 0 Å². The van der Waals surface area contributed by atoms with Crippen molar-refractivity contribution >= 4 is 16.8 Å². The van der Waals surface area contributed by atoms with Crippen LogP contribution >= 0.6 is 0 Å². The highest BCUT2D eigenvalue weighted by molar-refractivity contribution is 5.81. The van der Waals surface area contributed by atoms with Crippen LogP contribution in [0.3, 0.4) is 0 Å². The zero-order valence-electron chi connectivity index (χ0n) is 18.3. The molecule has 0 aliphatic heterocycles. The van der Waals surface area contributed by atoms with Crippen molar-refractivity contribution in [2.45, 2.75) is 52.1 Å². The fourth-order valence-electron chi connectivity index (χ4n) is 4.06. The smallest absolute Gasteiger partial charge is 0.275 e. The zero-order chi connectivity index (χ0) is 21.7. The predicted octanol–water partition coefficient (Wildman–Crippen LogP) is 1.04. The molecule has 0 saturated heterocycles. The van der Waals surface area contributed by atoms with Crippen molar-refractivity contribution in [3.8, 4) is 11.5 Å². The number of quaternary nitrogens is 1. The van der Waals surface area contributed by atoms with Gasteiger partial charge in [-0.15, -0.1) is 0 Å². The van der Waals surface area contributed by atoms with Gasteiger partial charge in [0.05, 0.1) is 31.7 Å². The summed E-state index contributed by atoms with van der Waals surface area (Å²) in [5.74, 6) is 2.37. The van der Waals surface area contributed by atoms with E-state index in [0.29, 0.717) is 41.3 Å². The number of amides is 1. The van der Waals surface area contributed by atoms with Crippen molar-refractivity contribution in [1.29, 1.82) is 0 Å². The number of methoxy groups -OCH3 is 2. The molecule has 1 aromatic carbocycles. The Morgan fingerprint density at radius 3 is 2.50 bits per heavy atom. The van der Waals surface area contributed by atoms with Crippen LogP contribution in [0.15, 0.2) is 16.9 Å². The number of ether oxygens (including phenoxy) is 2. The summed E-state index contributed by atoms with van der Waals surface area (Å²) >= 11 is 0. The molecule has 2 aromatic rings. The summed E-state index contributed by atoms with van der Waals surface area (Å²) in [6.45, 7) is 5.87. The van der Waals surface area contributed by atoms with Crippen LogP contribution in [-0.2, 0) is 11.3 Å². The SMILES string of the molecule is CC[NH+](CC(=O)NC1CCC(C)CC1)Cc1nc2cc(OC)c(OC)cc2c(=O)[nH]1. The Morgan fingerprint density at radius 1 is 1.20 bits per heavy atom. The molecule has 164 valence electrons. The van der Waals surface area contributed by atoms with Crippen LogP contribution in [0.25, 0.3) is 10.9 Å². The van der Waals surface area contributed by atoms with Gasteiger partial charge in [-0.05, 0) is 44.6 Å². The average Bonchev–Trinajstić information content (AvgIpc) is 2.74. The topological polar surface area (TPSA) is 97.8 Å². The van der Waals surface area contributed by atoms with Gasteiger partial charge in [0.1, 0.15) is 6.54 Å². The second kappa shape index (κ2) is 9.93. The van der Waals surface area contributed by atoms with Gasteiger partial charge >= 0.3 is 0 Å². The van der Waals surface area contributed by atoms with Crippen LogP contribution in [0, 0.1) is 5.92 Å². The summed E-state index contributed by atoms with van der Waals surface area (Å²) in [7, 11) is 3.08. The lowest BCUT2D eigenvalue weighted by molar-refractivity contribution is -0.904. The molecular formula is C22H33N4O4+. The summed E-state index contributed by atoms with van der Waals surface area (Å²) in [4.78, 5) is 33.6. The number of hydrogen-bond acceptors (Lipinski definition) is 5. The summed E-state index contributed by atoms with van der Waals surface area (Å²) in [5.41, 5.74) is 0.315. The lowest BCUT2D eigenvalue weighted by atomic mass is 9.87. The Kier molecular flexibility index (Phi) is 7.31. The van der Waals surface area contributed by atoms with Crippen molar-refractivity contribution in [2.24, 2.45) is 5.92 Å². The highest BCUT2D eigenvalue weighted by atomic mass is 16.5. The third-order valence-electron chi connectivity index (χ3n) is 5.97. The molecule has 0 bridgehead atoms. The maximum Gasteiger partial charge on any atom is 0.275 e. The Labute approximate surface area is 177 Å². The molecule has 8 nitrogen and oxygen atoms in total. The van der Waals surface area contributed by atoms with Gasteiger partial charge in [-0.3, -0.25) is 9.59 Å². The maximum absolute atomic E-state index is 12.6. The van der Waals surface area contributed by atoms with E-state index in [1.54, 1.807) is 19.2 Å². The molecule has 1 heterocycles. The molecule has 1 aliphatic carbocycles. The zero-order valence-corrected chi connectivity index (χ0v) is 18.3. The van der Waals surface area contributed by atoms with Gasteiger partial charge in [0, 0.05) is 12.1 Å². The van der Waals surface area contributed by atoms with E-state index in [4.69, 9.17) is 9.47 Å². The lowest BCUT2D eigenvalue weighted by Gasteiger charge is -2.27. The standard InChI is InChI=1S/C22H32N4O4/c1-5-26(13-21(27)23-15-8-6-14(2)7-9-15)12-20-24-17-11-19(30-4)18(29-3)10-16(17)22(28)25-20/h10-11,14-15H,5-9,12-13H2,1-4H3,(H,23,27)(H,24,25,28)/p+1. The molecule has 30 heavy (non-hydrogen) atoms. The molecule has 1 saturated carbocycles. The molecule has 1 amide bonds. The summed E-state index contributed by atoms with van der Waals surface area (Å²) in [5, 5.41) is 3.62. The van der Waals surface area contributed by atoms with Gasteiger partial charge in [0.25, 0.3) is 11.5 Å². The number of hydrogen-bond donors (Lipinski definition) is 3. The van der Waals surface area contributed by atoms with E-state index in [2.05, 4.69) is 22.2 Å². The van der Waals surface area contributed by atoms with Crippen LogP contribution in [0.1, 0.15) is 45.4 Å². The monoisotopic (exact) mass is 417 g/mol. The summed E-state index contributed by atoms with van der Waals surface area (Å²) in [6.07, 6.45) is 4.45. The lowest BCUT2D eigenvalue weighted by Crippen LogP contribution is -3.11. The van der Waals surface area contributed by atoms with Crippen LogP contribution in [-0.4, -0.2) is 49.2 Å². The van der Waals surface area contributed by atoms with Crippen molar-refractivity contribution in [2.75, 3.05) is 27.3 Å². The molecular weight excluding hydrogens is 384 g/mol. The first-order chi connectivity index (χ1) is 14.4. The van der Waals surface area contributed by atoms with E-state index in [1.165, 1.54) is 20.0 Å². The molecule has 1 atom stereocenters. The Morgan fingerprint density at radius 2 is 1.87 bits per heavy atom. The van der Waals surface area contributed by atoms with Gasteiger partial charge in [0.2, 0.25) is 0 Å². The largest absolute Gasteiger partial charge is 0.493 e. The predicted molar refractivity (Wildman–Crippen MR) is 115 cm³/mol. The van der Waals surface area contributed by atoms with Gasteiger partial charge in [0.15, 0.2) is 23.9 Å². The number of likely N-dealkylation sites (N-methyl/N-ethyl adjacent to an activating group) is 1. The molecule has 8 heteroatoms. The van der Waals surface area contributed by atoms with Crippen LogP contribution in [0.2, 0.25) is 0 Å². The van der Waals surface area contributed by atoms with E-state index in [-0.39, 0.29) is 17.5 Å². The molecule has 1 fully saturated rings. The number of carbonyl (C=O) groups is 1. The third-order valence-corrected chi connectivity index (χ3v) is 5.97. The first-order valence-corrected chi connectivity index (χ1v) is 10.7. The van der Waals surface area contributed by atoms with E-state index >= 15 is 0 Å². The van der Waals surface area contributed by atoms with Crippen molar-refractivity contribution in [3.63, 3.8) is 0 Å². The highest BCUT2D eigenvalue weighted by Crippen LogP contribution is 2.29. The molecule has 1 aromatic heterocycles. The Bertz CT molecular complexity index is 935. The van der Waals surface area contributed by atoms with Crippen molar-refractivity contribution in [1.82, 2.24) is 15.3 Å². The number of benzene rings is 1. The maximum atomic E-state index is 12.6. The van der Waals surface area contributed by atoms with Crippen molar-refractivity contribution in [3.05, 3.63) is 28.3 Å². The van der Waals surface area contributed by atoms with Crippen LogP contribution in [0.4, 0.5) is 0 Å². The minimum atomic E-state index is -0.229. The molecule has 0 radical (unpaired) electrons. The van der Waals surface area contributed by atoms with Gasteiger partial charge in [-0.1, -0.05) is 6.92 Å². The number of nitrogens with one attached hydrogen (secondary N) is 3. The number of fused-ring (bicyclic) bond motifs is 1. The quantitative estimate of drug-likeness (QED) is 0.596. The molecule has 1 unspecified atom stereocenters. The minimum absolute atomic E-state index is 0.0564. The summed E-state index contributed by atoms with van der Waals surface area (Å²) in [6, 6.07) is 3.62. The van der Waals surface area contributed by atoms with Gasteiger partial charge in [-0.2, -0.15) is 0 Å². The van der Waals surface area contributed by atoms with E-state index in [9.17, 15) is 9.59 Å². The highest BCUT2D eigenvalue weighted by Gasteiger charge is 2.22. The first kappa shape index (κ1) is 22.1. The first-order valence-electron chi connectivity index (χ1n) is 10.7. The summed E-state index contributed by atoms with van der Waals surface area (Å²) < 4.78 is 10.6. The van der Waals surface area contributed by atoms with Crippen LogP contribution in [0.5, 0.6) is 11.5 Å². The second-order valence-electron chi connectivity index (χ2n) is 8.22. The fraction of sp³-hybridized carbons (Fsp3) is 0.591. The third kappa shape index (κ3) is 5.30. The molecule has 0 spiro atoms. The molecule has 3 N–H and O–H groups in total. The van der Waals surface area contributed by atoms with Gasteiger partial charge in [-0.25, -0.2) is 4.98 Å². The number of rotatable bonds is 8. The number of carbonyl (C=O) groups excluding carboxylic acids is 1. The Hall–Kier alpha value is -2.61. The van der Waals surface area contributed by atoms with E-state index in [1.807, 2.05) is 6.92 Å². The normalized spacial score (nSPS) is 20.0. The number of nitrogens with zero attached hydrogens (tertiary/aromatic N) is 1. The fourth-order valence-corrected chi connectivity index (χ4v) is 4.06. The van der Waals surface area contributed by atoms with E-state index in [0.717, 1.165) is 30.2 Å². The number of aromatic amines is 1. The number of aromatic nitrogens is 2. The number of H-pyrrole nitrogens is 1. The second-order valence-corrected chi connectivity index (χ2v) is 8.22. The molecule has 3 rings (SSSR count). The Balaban J connectivity index is 1.70. The minimum Gasteiger partial charge on any atom is -0.493 e. The van der Waals surface area contributed by atoms with Crippen molar-refractivity contribution < 1.29 is 19.2 Å².